The topological polar surface area (TPSA) is 60.9 Å². The van der Waals surface area contributed by atoms with Crippen LogP contribution in [0.25, 0.3) is 0 Å². The lowest BCUT2D eigenvalue weighted by atomic mass is 9.88. The number of carbonyl (C=O) groups excluding carboxylic acids is 3. The van der Waals surface area contributed by atoms with Gasteiger partial charge >= 0.3 is 0 Å². The molecule has 1 saturated carbocycles. The van der Waals surface area contributed by atoms with Crippen LogP contribution in [-0.2, 0) is 14.4 Å². The fourth-order valence-electron chi connectivity index (χ4n) is 4.41. The smallest absolute Gasteiger partial charge is 0.228 e. The first-order valence-electron chi connectivity index (χ1n) is 9.84. The molecule has 0 aromatic rings. The highest BCUT2D eigenvalue weighted by Gasteiger charge is 2.38. The second-order valence-corrected chi connectivity index (χ2v) is 8.03. The lowest BCUT2D eigenvalue weighted by Gasteiger charge is -2.38. The highest BCUT2D eigenvalue weighted by molar-refractivity contribution is 5.89. The normalized spacial score (nSPS) is 25.8. The molecule has 6 heteroatoms. The molecular formula is C19H31N3O3. The van der Waals surface area contributed by atoms with Crippen molar-refractivity contribution in [2.45, 2.75) is 58.4 Å². The van der Waals surface area contributed by atoms with E-state index in [1.807, 2.05) is 23.6 Å². The number of hydrogen-bond acceptors (Lipinski definition) is 3. The third-order valence-electron chi connectivity index (χ3n) is 5.99. The number of hydrogen-bond donors (Lipinski definition) is 0. The molecule has 2 saturated heterocycles. The summed E-state index contributed by atoms with van der Waals surface area (Å²) in [4.78, 5) is 43.0. The zero-order chi connectivity index (χ0) is 18.0. The van der Waals surface area contributed by atoms with Crippen molar-refractivity contribution >= 4 is 17.7 Å². The monoisotopic (exact) mass is 349 g/mol. The molecule has 0 bridgehead atoms. The predicted molar refractivity (Wildman–Crippen MR) is 94.7 cm³/mol. The lowest BCUT2D eigenvalue weighted by Crippen LogP contribution is -2.53. The van der Waals surface area contributed by atoms with Gasteiger partial charge in [-0.2, -0.15) is 0 Å². The summed E-state index contributed by atoms with van der Waals surface area (Å²) in [6.45, 7) is 6.98. The minimum absolute atomic E-state index is 0.0828. The largest absolute Gasteiger partial charge is 0.339 e. The Kier molecular flexibility index (Phi) is 5.64. The number of likely N-dealkylation sites (tertiary alicyclic amines) is 1. The van der Waals surface area contributed by atoms with Gasteiger partial charge in [-0.25, -0.2) is 0 Å². The number of nitrogens with zero attached hydrogens (tertiary/aromatic N) is 3. The van der Waals surface area contributed by atoms with Gasteiger partial charge in [-0.15, -0.1) is 0 Å². The van der Waals surface area contributed by atoms with Gasteiger partial charge in [0.25, 0.3) is 0 Å². The van der Waals surface area contributed by atoms with Gasteiger partial charge < -0.3 is 14.7 Å². The molecule has 0 spiro atoms. The first-order valence-corrected chi connectivity index (χ1v) is 9.84. The summed E-state index contributed by atoms with van der Waals surface area (Å²) in [7, 11) is 0. The summed E-state index contributed by atoms with van der Waals surface area (Å²) in [5, 5.41) is 0. The van der Waals surface area contributed by atoms with Crippen LogP contribution in [-0.4, -0.2) is 71.2 Å². The fourth-order valence-corrected chi connectivity index (χ4v) is 4.41. The van der Waals surface area contributed by atoms with Crippen molar-refractivity contribution in [3.05, 3.63) is 0 Å². The Morgan fingerprint density at radius 2 is 1.40 bits per heavy atom. The van der Waals surface area contributed by atoms with Gasteiger partial charge in [0.1, 0.15) is 0 Å². The molecule has 6 nitrogen and oxygen atoms in total. The average Bonchev–Trinajstić information content (AvgIpc) is 3.03. The maximum absolute atomic E-state index is 12.7. The molecule has 3 aliphatic rings. The first-order chi connectivity index (χ1) is 12.0. The van der Waals surface area contributed by atoms with Crippen LogP contribution in [0, 0.1) is 11.8 Å². The quantitative estimate of drug-likeness (QED) is 0.776. The summed E-state index contributed by atoms with van der Waals surface area (Å²) in [5.41, 5.74) is 0. The van der Waals surface area contributed by atoms with E-state index in [0.717, 1.165) is 25.7 Å². The standard InChI is InChI=1S/C19H31N3O3/c1-14(2)22-13-16(12-17(22)23)19(25)21-10-8-20(9-11-21)18(24)15-6-4-3-5-7-15/h14-16H,3-13H2,1-2H3. The highest BCUT2D eigenvalue weighted by Crippen LogP contribution is 2.26. The van der Waals surface area contributed by atoms with E-state index in [0.29, 0.717) is 39.1 Å². The van der Waals surface area contributed by atoms with E-state index in [9.17, 15) is 14.4 Å². The van der Waals surface area contributed by atoms with Crippen LogP contribution in [0.2, 0.25) is 0 Å². The minimum atomic E-state index is -0.213. The summed E-state index contributed by atoms with van der Waals surface area (Å²) < 4.78 is 0. The molecule has 3 fully saturated rings. The molecule has 1 unspecified atom stereocenters. The summed E-state index contributed by atoms with van der Waals surface area (Å²) in [5.74, 6) is 0.438. The Morgan fingerprint density at radius 1 is 0.880 bits per heavy atom. The van der Waals surface area contributed by atoms with Crippen molar-refractivity contribution in [3.63, 3.8) is 0 Å². The molecule has 3 amide bonds. The van der Waals surface area contributed by atoms with Crippen molar-refractivity contribution < 1.29 is 14.4 Å². The van der Waals surface area contributed by atoms with E-state index in [4.69, 9.17) is 0 Å². The molecule has 2 aliphatic heterocycles. The second kappa shape index (κ2) is 7.75. The molecule has 3 rings (SSSR count). The number of rotatable bonds is 3. The SMILES string of the molecule is CC(C)N1CC(C(=O)N2CCN(C(=O)C3CCCCC3)CC2)CC1=O. The van der Waals surface area contributed by atoms with Crippen LogP contribution in [0.5, 0.6) is 0 Å². The van der Waals surface area contributed by atoms with E-state index in [1.54, 1.807) is 4.90 Å². The Morgan fingerprint density at radius 3 is 1.88 bits per heavy atom. The van der Waals surface area contributed by atoms with Crippen LogP contribution in [0.1, 0.15) is 52.4 Å². The molecule has 2 heterocycles. The van der Waals surface area contributed by atoms with Gasteiger partial charge in [0, 0.05) is 51.1 Å². The van der Waals surface area contributed by atoms with Crippen molar-refractivity contribution in [1.29, 1.82) is 0 Å². The zero-order valence-corrected chi connectivity index (χ0v) is 15.6. The Bertz CT molecular complexity index is 520. The molecule has 140 valence electrons. The van der Waals surface area contributed by atoms with Crippen molar-refractivity contribution in [2.75, 3.05) is 32.7 Å². The van der Waals surface area contributed by atoms with E-state index < -0.39 is 0 Å². The van der Waals surface area contributed by atoms with Crippen LogP contribution in [0.4, 0.5) is 0 Å². The second-order valence-electron chi connectivity index (χ2n) is 8.03. The lowest BCUT2D eigenvalue weighted by molar-refractivity contribution is -0.144. The molecule has 1 atom stereocenters. The minimum Gasteiger partial charge on any atom is -0.339 e. The van der Waals surface area contributed by atoms with Crippen LogP contribution in [0.15, 0.2) is 0 Å². The molecular weight excluding hydrogens is 318 g/mol. The number of amides is 3. The summed E-state index contributed by atoms with van der Waals surface area (Å²) >= 11 is 0. The van der Waals surface area contributed by atoms with Crippen molar-refractivity contribution in [3.8, 4) is 0 Å². The number of carbonyl (C=O) groups is 3. The molecule has 25 heavy (non-hydrogen) atoms. The van der Waals surface area contributed by atoms with Gasteiger partial charge in [0.05, 0.1) is 5.92 Å². The van der Waals surface area contributed by atoms with Crippen LogP contribution in [0.3, 0.4) is 0 Å². The van der Waals surface area contributed by atoms with Gasteiger partial charge in [-0.05, 0) is 26.7 Å². The van der Waals surface area contributed by atoms with Gasteiger partial charge in [0.15, 0.2) is 0 Å². The zero-order valence-electron chi connectivity index (χ0n) is 15.6. The fraction of sp³-hybridized carbons (Fsp3) is 0.842. The average molecular weight is 349 g/mol. The van der Waals surface area contributed by atoms with E-state index in [-0.39, 0.29) is 35.6 Å². The Balaban J connectivity index is 1.49. The van der Waals surface area contributed by atoms with Gasteiger partial charge in [0.2, 0.25) is 17.7 Å². The maximum Gasteiger partial charge on any atom is 0.228 e. The third-order valence-corrected chi connectivity index (χ3v) is 5.99. The van der Waals surface area contributed by atoms with Crippen molar-refractivity contribution in [2.24, 2.45) is 11.8 Å². The van der Waals surface area contributed by atoms with E-state index in [1.165, 1.54) is 6.42 Å². The molecule has 0 radical (unpaired) electrons. The van der Waals surface area contributed by atoms with Gasteiger partial charge in [-0.1, -0.05) is 19.3 Å². The Labute approximate surface area is 150 Å². The van der Waals surface area contributed by atoms with E-state index >= 15 is 0 Å². The molecule has 1 aliphatic carbocycles. The molecule has 0 aromatic carbocycles. The van der Waals surface area contributed by atoms with Gasteiger partial charge in [-0.3, -0.25) is 14.4 Å². The summed E-state index contributed by atoms with van der Waals surface area (Å²) in [6, 6.07) is 0.148. The molecule has 0 N–H and O–H groups in total. The Hall–Kier alpha value is -1.59. The summed E-state index contributed by atoms with van der Waals surface area (Å²) in [6.07, 6.45) is 5.95. The van der Waals surface area contributed by atoms with E-state index in [2.05, 4.69) is 0 Å². The van der Waals surface area contributed by atoms with Crippen LogP contribution >= 0.6 is 0 Å². The first kappa shape index (κ1) is 18.2. The third kappa shape index (κ3) is 3.98. The van der Waals surface area contributed by atoms with Crippen LogP contribution < -0.4 is 0 Å². The highest BCUT2D eigenvalue weighted by atomic mass is 16.2. The maximum atomic E-state index is 12.7. The molecule has 0 aromatic heterocycles. The predicted octanol–water partition coefficient (Wildman–Crippen LogP) is 1.49. The van der Waals surface area contributed by atoms with Crippen molar-refractivity contribution in [1.82, 2.24) is 14.7 Å². The number of piperazine rings is 1.